The Morgan fingerprint density at radius 1 is 0.825 bits per heavy atom. The second-order valence-corrected chi connectivity index (χ2v) is 15.2. The molecule has 40 heavy (non-hydrogen) atoms. The molecule has 0 aromatic heterocycles. The molecule has 0 aromatic rings. The van der Waals surface area contributed by atoms with E-state index in [0.717, 1.165) is 32.2 Å². The molecule has 0 saturated carbocycles. The first kappa shape index (κ1) is 32.2. The van der Waals surface area contributed by atoms with E-state index in [2.05, 4.69) is 66.2 Å². The molecule has 4 aliphatic heterocycles. The minimum Gasteiger partial charge on any atom is -0.380 e. The van der Waals surface area contributed by atoms with Crippen molar-refractivity contribution in [1.82, 2.24) is 29.4 Å². The summed E-state index contributed by atoms with van der Waals surface area (Å²) in [5.41, 5.74) is 0.408. The van der Waals surface area contributed by atoms with Gasteiger partial charge in [-0.05, 0) is 99.2 Å². The quantitative estimate of drug-likeness (QED) is 0.428. The summed E-state index contributed by atoms with van der Waals surface area (Å²) < 4.78 is 5.68. The maximum absolute atomic E-state index is 12.2. The van der Waals surface area contributed by atoms with Crippen molar-refractivity contribution in [2.75, 3.05) is 93.3 Å². The van der Waals surface area contributed by atoms with Gasteiger partial charge in [-0.15, -0.1) is 0 Å². The van der Waals surface area contributed by atoms with Crippen molar-refractivity contribution in [2.24, 2.45) is 5.92 Å². The van der Waals surface area contributed by atoms with Gasteiger partial charge in [0.15, 0.2) is 0 Å². The highest BCUT2D eigenvalue weighted by Gasteiger charge is 2.40. The first-order valence-electron chi connectivity index (χ1n) is 16.3. The van der Waals surface area contributed by atoms with Gasteiger partial charge < -0.3 is 9.64 Å². The number of rotatable bonds is 9. The number of piperidine rings is 2. The monoisotopic (exact) mass is 562 g/mol. The van der Waals surface area contributed by atoms with Crippen LogP contribution in [0.25, 0.3) is 0 Å². The van der Waals surface area contributed by atoms with Gasteiger partial charge >= 0.3 is 0 Å². The average Bonchev–Trinajstić information content (AvgIpc) is 3.45. The van der Waals surface area contributed by atoms with E-state index in [9.17, 15) is 4.79 Å². The van der Waals surface area contributed by atoms with Gasteiger partial charge in [-0.1, -0.05) is 0 Å². The average molecular weight is 563 g/mol. The van der Waals surface area contributed by atoms with E-state index in [0.29, 0.717) is 24.7 Å². The van der Waals surface area contributed by atoms with Gasteiger partial charge in [0.05, 0.1) is 13.2 Å². The molecule has 1 amide bonds. The van der Waals surface area contributed by atoms with Gasteiger partial charge in [-0.3, -0.25) is 29.3 Å². The lowest BCUT2D eigenvalue weighted by Gasteiger charge is -2.52. The molecule has 2 atom stereocenters. The highest BCUT2D eigenvalue weighted by molar-refractivity contribution is 5.77. The Morgan fingerprint density at radius 3 is 2.08 bits per heavy atom. The minimum atomic E-state index is 0.194. The Hall–Kier alpha value is -0.770. The predicted octanol–water partition coefficient (Wildman–Crippen LogP) is 2.93. The number of carbonyl (C=O) groups is 1. The highest BCUT2D eigenvalue weighted by atomic mass is 16.5. The molecule has 0 aromatic carbocycles. The van der Waals surface area contributed by atoms with E-state index < -0.39 is 0 Å². The Kier molecular flexibility index (Phi) is 11.0. The number of piperazine rings is 1. The summed E-state index contributed by atoms with van der Waals surface area (Å²) in [4.78, 5) is 27.3. The number of amides is 1. The lowest BCUT2D eigenvalue weighted by Crippen LogP contribution is -2.62. The van der Waals surface area contributed by atoms with Crippen LogP contribution in [0.5, 0.6) is 0 Å². The maximum Gasteiger partial charge on any atom is 0.236 e. The Morgan fingerprint density at radius 2 is 1.50 bits per heavy atom. The van der Waals surface area contributed by atoms with Crippen LogP contribution in [0, 0.1) is 5.92 Å². The van der Waals surface area contributed by atoms with Gasteiger partial charge in [0.2, 0.25) is 5.91 Å². The number of carbonyl (C=O) groups excluding carboxylic acids is 1. The van der Waals surface area contributed by atoms with Gasteiger partial charge in [-0.2, -0.15) is 0 Å². The number of likely N-dealkylation sites (N-methyl/N-ethyl adjacent to an activating group) is 2. The summed E-state index contributed by atoms with van der Waals surface area (Å²) in [6, 6.07) is 1.90. The van der Waals surface area contributed by atoms with Crippen LogP contribution in [0.2, 0.25) is 0 Å². The molecule has 0 radical (unpaired) electrons. The fourth-order valence-electron chi connectivity index (χ4n) is 7.65. The molecule has 232 valence electrons. The van der Waals surface area contributed by atoms with Gasteiger partial charge in [0.25, 0.3) is 0 Å². The fraction of sp³-hybridized carbons (Fsp3) is 0.969. The molecule has 4 saturated heterocycles. The molecule has 4 fully saturated rings. The third-order valence-electron chi connectivity index (χ3n) is 10.7. The van der Waals surface area contributed by atoms with E-state index in [-0.39, 0.29) is 17.0 Å². The number of hydrogen-bond acceptors (Lipinski definition) is 7. The van der Waals surface area contributed by atoms with Crippen LogP contribution in [0.3, 0.4) is 0 Å². The minimum absolute atomic E-state index is 0.194. The van der Waals surface area contributed by atoms with Crippen molar-refractivity contribution < 1.29 is 9.53 Å². The molecule has 8 nitrogen and oxygen atoms in total. The van der Waals surface area contributed by atoms with Crippen molar-refractivity contribution in [3.8, 4) is 0 Å². The summed E-state index contributed by atoms with van der Waals surface area (Å²) in [6.45, 7) is 23.8. The fourth-order valence-corrected chi connectivity index (χ4v) is 7.65. The van der Waals surface area contributed by atoms with E-state index in [4.69, 9.17) is 4.74 Å². The molecule has 0 spiro atoms. The smallest absolute Gasteiger partial charge is 0.236 e. The third-order valence-corrected chi connectivity index (χ3v) is 10.7. The lowest BCUT2D eigenvalue weighted by atomic mass is 9.86. The zero-order valence-electron chi connectivity index (χ0n) is 27.3. The summed E-state index contributed by atoms with van der Waals surface area (Å²) >= 11 is 0. The molecule has 4 heterocycles. The van der Waals surface area contributed by atoms with Crippen molar-refractivity contribution in [2.45, 2.75) is 102 Å². The van der Waals surface area contributed by atoms with E-state index in [1.165, 1.54) is 77.8 Å². The van der Waals surface area contributed by atoms with Crippen molar-refractivity contribution in [3.05, 3.63) is 0 Å². The van der Waals surface area contributed by atoms with Crippen molar-refractivity contribution >= 4 is 5.91 Å². The second kappa shape index (κ2) is 13.7. The van der Waals surface area contributed by atoms with Crippen LogP contribution < -0.4 is 0 Å². The second-order valence-electron chi connectivity index (χ2n) is 15.2. The third kappa shape index (κ3) is 8.41. The topological polar surface area (TPSA) is 45.7 Å². The largest absolute Gasteiger partial charge is 0.380 e. The SMILES string of the molecule is CN(C)C(=O)CN1CCC(CN2CCN(C(C)(C)C)CC2CC(C)(C)N2CCC(N(C)[C@@H]3CCOC3)CC2)CC1. The van der Waals surface area contributed by atoms with E-state index in [1.54, 1.807) is 4.90 Å². The van der Waals surface area contributed by atoms with Crippen LogP contribution in [-0.4, -0.2) is 158 Å². The Labute approximate surface area is 246 Å². The van der Waals surface area contributed by atoms with Gasteiger partial charge in [0, 0.05) is 89.2 Å². The number of nitrogens with zero attached hydrogens (tertiary/aromatic N) is 6. The molecule has 0 bridgehead atoms. The van der Waals surface area contributed by atoms with Gasteiger partial charge in [-0.25, -0.2) is 0 Å². The Bertz CT molecular complexity index is 792. The van der Waals surface area contributed by atoms with Crippen LogP contribution >= 0.6 is 0 Å². The van der Waals surface area contributed by atoms with Crippen molar-refractivity contribution in [1.29, 1.82) is 0 Å². The van der Waals surface area contributed by atoms with Crippen LogP contribution in [0.4, 0.5) is 0 Å². The van der Waals surface area contributed by atoms with Crippen LogP contribution in [0.15, 0.2) is 0 Å². The summed E-state index contributed by atoms with van der Waals surface area (Å²) in [7, 11) is 6.05. The zero-order valence-corrected chi connectivity index (χ0v) is 27.3. The molecule has 4 aliphatic rings. The first-order valence-corrected chi connectivity index (χ1v) is 16.3. The molecular weight excluding hydrogens is 500 g/mol. The highest BCUT2D eigenvalue weighted by Crippen LogP contribution is 2.32. The standard InChI is InChI=1S/C32H62N6O2/c1-31(2,3)38-19-18-36(22-26-9-14-35(15-10-26)24-30(39)33(6)7)29(23-38)21-32(4,5)37-16-11-27(12-17-37)34(8)28-13-20-40-25-28/h26-29H,9-25H2,1-8H3/t28-,29?/m1/s1. The number of likely N-dealkylation sites (tertiary alicyclic amines) is 2. The summed E-state index contributed by atoms with van der Waals surface area (Å²) in [5.74, 6) is 0.964. The molecule has 1 unspecified atom stereocenters. The lowest BCUT2D eigenvalue weighted by molar-refractivity contribution is -0.130. The summed E-state index contributed by atoms with van der Waals surface area (Å²) in [5, 5.41) is 0. The van der Waals surface area contributed by atoms with Crippen LogP contribution in [0.1, 0.15) is 73.1 Å². The predicted molar refractivity (Wildman–Crippen MR) is 165 cm³/mol. The van der Waals surface area contributed by atoms with Crippen molar-refractivity contribution in [3.63, 3.8) is 0 Å². The molecule has 0 N–H and O–H groups in total. The maximum atomic E-state index is 12.2. The summed E-state index contributed by atoms with van der Waals surface area (Å²) in [6.07, 6.45) is 7.39. The van der Waals surface area contributed by atoms with E-state index in [1.807, 2.05) is 14.1 Å². The number of hydrogen-bond donors (Lipinski definition) is 0. The number of ether oxygens (including phenoxy) is 1. The van der Waals surface area contributed by atoms with Gasteiger partial charge in [0.1, 0.15) is 0 Å². The first-order chi connectivity index (χ1) is 18.8. The normalized spacial score (nSPS) is 28.0. The molecular formula is C32H62N6O2. The molecule has 4 rings (SSSR count). The van der Waals surface area contributed by atoms with E-state index >= 15 is 0 Å². The molecule has 0 aliphatic carbocycles. The zero-order chi connectivity index (χ0) is 29.1. The molecule has 8 heteroatoms. The van der Waals surface area contributed by atoms with Crippen LogP contribution in [-0.2, 0) is 9.53 Å². The Balaban J connectivity index is 1.33.